The Morgan fingerprint density at radius 2 is 2.41 bits per heavy atom. The standard InChI is InChI=1S/C10H14N4O3/c1-2-3-8(11)10(17)13-7-4-12-14(5-7)6-9(15)16/h2,4-5,8H,1,3,6,11H2,(H,13,17)(H,15,16). The third-order valence-corrected chi connectivity index (χ3v) is 1.96. The average Bonchev–Trinajstić information content (AvgIpc) is 2.64. The van der Waals surface area contributed by atoms with E-state index in [-0.39, 0.29) is 12.5 Å². The highest BCUT2D eigenvalue weighted by Gasteiger charge is 2.12. The van der Waals surface area contributed by atoms with Crippen LogP contribution in [0.4, 0.5) is 5.69 Å². The van der Waals surface area contributed by atoms with Crippen molar-refractivity contribution in [2.75, 3.05) is 5.32 Å². The van der Waals surface area contributed by atoms with Gasteiger partial charge in [-0.1, -0.05) is 6.08 Å². The SMILES string of the molecule is C=CCC(N)C(=O)Nc1cnn(CC(=O)O)c1. The zero-order valence-corrected chi connectivity index (χ0v) is 9.17. The largest absolute Gasteiger partial charge is 0.480 e. The van der Waals surface area contributed by atoms with Gasteiger partial charge in [0.05, 0.1) is 17.9 Å². The molecular formula is C10H14N4O3. The first-order chi connectivity index (χ1) is 8.02. The third kappa shape index (κ3) is 4.07. The maximum Gasteiger partial charge on any atom is 0.325 e. The fourth-order valence-electron chi connectivity index (χ4n) is 1.17. The Morgan fingerprint density at radius 3 is 3.00 bits per heavy atom. The molecule has 1 heterocycles. The molecule has 92 valence electrons. The molecule has 17 heavy (non-hydrogen) atoms. The number of nitrogens with two attached hydrogens (primary N) is 1. The number of aromatic nitrogens is 2. The molecule has 0 aliphatic carbocycles. The summed E-state index contributed by atoms with van der Waals surface area (Å²) in [4.78, 5) is 21.9. The van der Waals surface area contributed by atoms with Crippen molar-refractivity contribution in [1.29, 1.82) is 0 Å². The van der Waals surface area contributed by atoms with Crippen molar-refractivity contribution >= 4 is 17.6 Å². The van der Waals surface area contributed by atoms with E-state index in [0.29, 0.717) is 12.1 Å². The number of carboxylic acid groups (broad SMARTS) is 1. The van der Waals surface area contributed by atoms with Crippen LogP contribution in [0.1, 0.15) is 6.42 Å². The molecule has 0 saturated heterocycles. The molecule has 0 aliphatic rings. The molecule has 0 bridgehead atoms. The number of carbonyl (C=O) groups is 2. The number of nitrogens with zero attached hydrogens (tertiary/aromatic N) is 2. The normalized spacial score (nSPS) is 11.8. The van der Waals surface area contributed by atoms with Crippen molar-refractivity contribution < 1.29 is 14.7 Å². The van der Waals surface area contributed by atoms with Gasteiger partial charge in [-0.15, -0.1) is 6.58 Å². The summed E-state index contributed by atoms with van der Waals surface area (Å²) >= 11 is 0. The molecule has 1 aromatic heterocycles. The predicted molar refractivity (Wildman–Crippen MR) is 61.3 cm³/mol. The van der Waals surface area contributed by atoms with Crippen LogP contribution in [0.15, 0.2) is 25.0 Å². The Kier molecular flexibility index (Phi) is 4.41. The highest BCUT2D eigenvalue weighted by Crippen LogP contribution is 2.05. The van der Waals surface area contributed by atoms with Crippen LogP contribution in [0.2, 0.25) is 0 Å². The fraction of sp³-hybridized carbons (Fsp3) is 0.300. The van der Waals surface area contributed by atoms with Crippen LogP contribution in [0.25, 0.3) is 0 Å². The van der Waals surface area contributed by atoms with Crippen LogP contribution < -0.4 is 11.1 Å². The van der Waals surface area contributed by atoms with Gasteiger partial charge in [0, 0.05) is 6.20 Å². The second kappa shape index (κ2) is 5.80. The minimum Gasteiger partial charge on any atom is -0.480 e. The smallest absolute Gasteiger partial charge is 0.325 e. The number of rotatable bonds is 6. The molecule has 0 spiro atoms. The van der Waals surface area contributed by atoms with Gasteiger partial charge in [0.25, 0.3) is 0 Å². The van der Waals surface area contributed by atoms with Crippen molar-refractivity contribution in [3.63, 3.8) is 0 Å². The van der Waals surface area contributed by atoms with E-state index in [1.807, 2.05) is 0 Å². The van der Waals surface area contributed by atoms with E-state index < -0.39 is 12.0 Å². The lowest BCUT2D eigenvalue weighted by Crippen LogP contribution is -2.34. The lowest BCUT2D eigenvalue weighted by Gasteiger charge is -2.07. The summed E-state index contributed by atoms with van der Waals surface area (Å²) in [5.41, 5.74) is 5.97. The maximum atomic E-state index is 11.5. The summed E-state index contributed by atoms with van der Waals surface area (Å²) in [6.07, 6.45) is 4.71. The maximum absolute atomic E-state index is 11.5. The lowest BCUT2D eigenvalue weighted by molar-refractivity contribution is -0.137. The first kappa shape index (κ1) is 12.9. The number of carboxylic acids is 1. The molecule has 0 aromatic carbocycles. The molecule has 1 unspecified atom stereocenters. The van der Waals surface area contributed by atoms with Gasteiger partial charge in [-0.2, -0.15) is 5.10 Å². The van der Waals surface area contributed by atoms with Crippen molar-refractivity contribution in [1.82, 2.24) is 9.78 Å². The van der Waals surface area contributed by atoms with Crippen molar-refractivity contribution in [2.24, 2.45) is 5.73 Å². The van der Waals surface area contributed by atoms with E-state index in [0.717, 1.165) is 0 Å². The predicted octanol–water partition coefficient (Wildman–Crippen LogP) is -0.190. The Bertz CT molecular complexity index is 427. The number of aliphatic carboxylic acids is 1. The number of anilines is 1. The summed E-state index contributed by atoms with van der Waals surface area (Å²) in [7, 11) is 0. The molecule has 0 aliphatic heterocycles. The molecule has 0 radical (unpaired) electrons. The monoisotopic (exact) mass is 238 g/mol. The second-order valence-electron chi connectivity index (χ2n) is 3.44. The second-order valence-corrected chi connectivity index (χ2v) is 3.44. The number of carbonyl (C=O) groups excluding carboxylic acids is 1. The molecule has 0 saturated carbocycles. The van der Waals surface area contributed by atoms with Gasteiger partial charge < -0.3 is 16.2 Å². The Morgan fingerprint density at radius 1 is 1.71 bits per heavy atom. The molecule has 1 atom stereocenters. The molecule has 7 heteroatoms. The Labute approximate surface area is 97.9 Å². The molecule has 4 N–H and O–H groups in total. The molecular weight excluding hydrogens is 224 g/mol. The zero-order chi connectivity index (χ0) is 12.8. The molecule has 1 amide bonds. The topological polar surface area (TPSA) is 110 Å². The van der Waals surface area contributed by atoms with Crippen LogP contribution in [-0.4, -0.2) is 32.8 Å². The van der Waals surface area contributed by atoms with Crippen molar-refractivity contribution in [3.05, 3.63) is 25.0 Å². The van der Waals surface area contributed by atoms with Gasteiger partial charge in [0.1, 0.15) is 6.54 Å². The van der Waals surface area contributed by atoms with Crippen LogP contribution >= 0.6 is 0 Å². The first-order valence-corrected chi connectivity index (χ1v) is 4.94. The average molecular weight is 238 g/mol. The van der Waals surface area contributed by atoms with Crippen LogP contribution in [0.5, 0.6) is 0 Å². The lowest BCUT2D eigenvalue weighted by atomic mass is 10.2. The number of amides is 1. The molecule has 1 aromatic rings. The molecule has 0 fully saturated rings. The van der Waals surface area contributed by atoms with E-state index in [4.69, 9.17) is 10.8 Å². The highest BCUT2D eigenvalue weighted by molar-refractivity contribution is 5.94. The molecule has 7 nitrogen and oxygen atoms in total. The van der Waals surface area contributed by atoms with Crippen molar-refractivity contribution in [3.8, 4) is 0 Å². The quantitative estimate of drug-likeness (QED) is 0.595. The minimum absolute atomic E-state index is 0.255. The van der Waals surface area contributed by atoms with Crippen LogP contribution in [0, 0.1) is 0 Å². The van der Waals surface area contributed by atoms with E-state index in [9.17, 15) is 9.59 Å². The fourth-order valence-corrected chi connectivity index (χ4v) is 1.17. The summed E-state index contributed by atoms with van der Waals surface area (Å²) < 4.78 is 1.21. The third-order valence-electron chi connectivity index (χ3n) is 1.96. The van der Waals surface area contributed by atoms with Gasteiger partial charge in [-0.05, 0) is 6.42 Å². The number of nitrogens with one attached hydrogen (secondary N) is 1. The zero-order valence-electron chi connectivity index (χ0n) is 9.17. The van der Waals surface area contributed by atoms with Crippen LogP contribution in [0.3, 0.4) is 0 Å². The summed E-state index contributed by atoms with van der Waals surface area (Å²) in [6.45, 7) is 3.23. The minimum atomic E-state index is -1.01. The Hall–Kier alpha value is -2.15. The van der Waals surface area contributed by atoms with Gasteiger partial charge in [-0.25, -0.2) is 0 Å². The summed E-state index contributed by atoms with van der Waals surface area (Å²) in [5.74, 6) is -1.37. The Balaban J connectivity index is 2.57. The van der Waals surface area contributed by atoms with E-state index >= 15 is 0 Å². The first-order valence-electron chi connectivity index (χ1n) is 4.94. The van der Waals surface area contributed by atoms with Gasteiger partial charge in [-0.3, -0.25) is 14.3 Å². The van der Waals surface area contributed by atoms with E-state index in [1.165, 1.54) is 17.1 Å². The summed E-state index contributed by atoms with van der Waals surface area (Å²) in [6, 6.07) is -0.671. The summed E-state index contributed by atoms with van der Waals surface area (Å²) in [5, 5.41) is 14.8. The number of hydrogen-bond donors (Lipinski definition) is 3. The van der Waals surface area contributed by atoms with Gasteiger partial charge in [0.2, 0.25) is 5.91 Å². The van der Waals surface area contributed by atoms with Gasteiger partial charge in [0.15, 0.2) is 0 Å². The van der Waals surface area contributed by atoms with E-state index in [1.54, 1.807) is 6.08 Å². The van der Waals surface area contributed by atoms with Crippen LogP contribution in [-0.2, 0) is 16.1 Å². The highest BCUT2D eigenvalue weighted by atomic mass is 16.4. The van der Waals surface area contributed by atoms with E-state index in [2.05, 4.69) is 17.0 Å². The van der Waals surface area contributed by atoms with Gasteiger partial charge >= 0.3 is 5.97 Å². The molecule has 1 rings (SSSR count). The van der Waals surface area contributed by atoms with Crippen molar-refractivity contribution in [2.45, 2.75) is 19.0 Å². The number of hydrogen-bond acceptors (Lipinski definition) is 4.